The topological polar surface area (TPSA) is 37.9 Å². The minimum absolute atomic E-state index is 0.594. The van der Waals surface area contributed by atoms with Gasteiger partial charge in [-0.2, -0.15) is 0 Å². The molecule has 0 saturated carbocycles. The zero-order valence-electron chi connectivity index (χ0n) is 4.31. The van der Waals surface area contributed by atoms with Crippen LogP contribution in [0, 0.1) is 0 Å². The van der Waals surface area contributed by atoms with Gasteiger partial charge in [0, 0.05) is 6.07 Å². The second kappa shape index (κ2) is 2.17. The molecule has 0 aliphatic rings. The largest absolute Gasteiger partial charge is 0.480 e. The second-order valence-corrected chi connectivity index (χ2v) is 2.11. The number of aromatic nitrogens is 2. The summed E-state index contributed by atoms with van der Waals surface area (Å²) in [6.45, 7) is 0. The molecular formula is C4H5BrN2O. The van der Waals surface area contributed by atoms with E-state index in [1.807, 2.05) is 0 Å². The maximum atomic E-state index is 4.76. The van der Waals surface area contributed by atoms with E-state index in [9.17, 15) is 0 Å². The van der Waals surface area contributed by atoms with Gasteiger partial charge in [0.2, 0.25) is 5.88 Å². The molecule has 0 bridgehead atoms. The predicted molar refractivity (Wildman–Crippen MR) is 32.8 cm³/mol. The van der Waals surface area contributed by atoms with Crippen LogP contribution in [0.5, 0.6) is 5.88 Å². The SMILES string of the molecule is COc1cc(Br)[nH]n1. The van der Waals surface area contributed by atoms with Crippen LogP contribution in [0.1, 0.15) is 0 Å². The zero-order valence-corrected chi connectivity index (χ0v) is 5.90. The molecule has 0 atom stereocenters. The van der Waals surface area contributed by atoms with Crippen LogP contribution in [0.25, 0.3) is 0 Å². The molecule has 0 amide bonds. The summed E-state index contributed by atoms with van der Waals surface area (Å²) in [5.41, 5.74) is 0. The van der Waals surface area contributed by atoms with Crippen LogP contribution in [-0.2, 0) is 0 Å². The average molecular weight is 177 g/mol. The van der Waals surface area contributed by atoms with Gasteiger partial charge in [0.15, 0.2) is 0 Å². The number of hydrogen-bond acceptors (Lipinski definition) is 2. The Hall–Kier alpha value is -0.510. The number of methoxy groups -OCH3 is 1. The van der Waals surface area contributed by atoms with Gasteiger partial charge in [0.05, 0.1) is 7.11 Å². The molecule has 44 valence electrons. The number of hydrogen-bond donors (Lipinski definition) is 1. The molecule has 0 aliphatic heterocycles. The molecule has 1 heterocycles. The first-order valence-electron chi connectivity index (χ1n) is 2.08. The number of nitrogens with one attached hydrogen (secondary N) is 1. The van der Waals surface area contributed by atoms with Crippen LogP contribution in [0.4, 0.5) is 0 Å². The average Bonchev–Trinajstić information content (AvgIpc) is 2.14. The monoisotopic (exact) mass is 176 g/mol. The van der Waals surface area contributed by atoms with Gasteiger partial charge in [0.1, 0.15) is 4.60 Å². The standard InChI is InChI=1S/C4H5BrN2O/c1-8-4-2-3(5)6-7-4/h2H,1H3,(H,6,7). The predicted octanol–water partition coefficient (Wildman–Crippen LogP) is 1.18. The third-order valence-corrected chi connectivity index (χ3v) is 1.14. The third-order valence-electron chi connectivity index (χ3n) is 0.732. The lowest BCUT2D eigenvalue weighted by Crippen LogP contribution is -1.79. The summed E-state index contributed by atoms with van der Waals surface area (Å²) < 4.78 is 5.59. The Kier molecular flexibility index (Phi) is 1.53. The number of H-pyrrole nitrogens is 1. The van der Waals surface area contributed by atoms with Crippen molar-refractivity contribution >= 4 is 15.9 Å². The number of halogens is 1. The van der Waals surface area contributed by atoms with Crippen molar-refractivity contribution in [2.75, 3.05) is 7.11 Å². The maximum absolute atomic E-state index is 4.76. The lowest BCUT2D eigenvalue weighted by molar-refractivity contribution is 0.397. The highest BCUT2D eigenvalue weighted by molar-refractivity contribution is 9.10. The molecule has 1 rings (SSSR count). The fraction of sp³-hybridized carbons (Fsp3) is 0.250. The molecule has 4 heteroatoms. The van der Waals surface area contributed by atoms with Gasteiger partial charge in [-0.3, -0.25) is 5.10 Å². The summed E-state index contributed by atoms with van der Waals surface area (Å²) in [5.74, 6) is 0.594. The van der Waals surface area contributed by atoms with E-state index in [4.69, 9.17) is 4.74 Å². The van der Waals surface area contributed by atoms with Crippen molar-refractivity contribution in [3.05, 3.63) is 10.7 Å². The molecule has 0 saturated heterocycles. The molecule has 0 spiro atoms. The van der Waals surface area contributed by atoms with Gasteiger partial charge in [0.25, 0.3) is 0 Å². The van der Waals surface area contributed by atoms with Crippen molar-refractivity contribution in [2.24, 2.45) is 0 Å². The summed E-state index contributed by atoms with van der Waals surface area (Å²) in [6.07, 6.45) is 0. The van der Waals surface area contributed by atoms with E-state index in [1.165, 1.54) is 0 Å². The van der Waals surface area contributed by atoms with Crippen LogP contribution >= 0.6 is 15.9 Å². The molecular weight excluding hydrogens is 172 g/mol. The smallest absolute Gasteiger partial charge is 0.233 e. The van der Waals surface area contributed by atoms with Crippen molar-refractivity contribution in [2.45, 2.75) is 0 Å². The molecule has 0 radical (unpaired) electrons. The number of ether oxygens (including phenoxy) is 1. The maximum Gasteiger partial charge on any atom is 0.233 e. The van der Waals surface area contributed by atoms with Gasteiger partial charge < -0.3 is 4.74 Å². The highest BCUT2D eigenvalue weighted by Gasteiger charge is 1.92. The third kappa shape index (κ3) is 1.01. The summed E-state index contributed by atoms with van der Waals surface area (Å²) >= 11 is 3.17. The van der Waals surface area contributed by atoms with Crippen LogP contribution < -0.4 is 4.74 Å². The van der Waals surface area contributed by atoms with Crippen LogP contribution in [0.2, 0.25) is 0 Å². The first-order chi connectivity index (χ1) is 3.83. The first-order valence-corrected chi connectivity index (χ1v) is 2.87. The summed E-state index contributed by atoms with van der Waals surface area (Å²) in [7, 11) is 1.57. The molecule has 3 nitrogen and oxygen atoms in total. The van der Waals surface area contributed by atoms with Crippen LogP contribution in [-0.4, -0.2) is 17.3 Å². The molecule has 1 N–H and O–H groups in total. The van der Waals surface area contributed by atoms with Crippen molar-refractivity contribution in [1.82, 2.24) is 10.2 Å². The molecule has 1 aromatic rings. The van der Waals surface area contributed by atoms with Gasteiger partial charge in [-0.1, -0.05) is 0 Å². The highest BCUT2D eigenvalue weighted by atomic mass is 79.9. The van der Waals surface area contributed by atoms with Gasteiger partial charge >= 0.3 is 0 Å². The Labute approximate surface area is 55.2 Å². The van der Waals surface area contributed by atoms with E-state index in [0.717, 1.165) is 4.60 Å². The molecule has 0 aromatic carbocycles. The van der Waals surface area contributed by atoms with E-state index < -0.39 is 0 Å². The Morgan fingerprint density at radius 2 is 2.62 bits per heavy atom. The van der Waals surface area contributed by atoms with Crippen LogP contribution in [0.3, 0.4) is 0 Å². The van der Waals surface area contributed by atoms with Crippen molar-refractivity contribution < 1.29 is 4.74 Å². The quantitative estimate of drug-likeness (QED) is 0.699. The van der Waals surface area contributed by atoms with E-state index in [2.05, 4.69) is 26.1 Å². The minimum atomic E-state index is 0.594. The van der Waals surface area contributed by atoms with Gasteiger partial charge in [-0.05, 0) is 15.9 Å². The van der Waals surface area contributed by atoms with Crippen molar-refractivity contribution in [3.8, 4) is 5.88 Å². The Bertz CT molecular complexity index is 174. The lowest BCUT2D eigenvalue weighted by Gasteiger charge is -1.84. The minimum Gasteiger partial charge on any atom is -0.480 e. The van der Waals surface area contributed by atoms with E-state index in [1.54, 1.807) is 13.2 Å². The molecule has 0 unspecified atom stereocenters. The molecule has 0 aliphatic carbocycles. The highest BCUT2D eigenvalue weighted by Crippen LogP contribution is 2.11. The first kappa shape index (κ1) is 5.62. The summed E-state index contributed by atoms with van der Waals surface area (Å²) in [4.78, 5) is 0. The number of aromatic amines is 1. The van der Waals surface area contributed by atoms with Crippen LogP contribution in [0.15, 0.2) is 10.7 Å². The Morgan fingerprint density at radius 3 is 2.88 bits per heavy atom. The molecule has 8 heavy (non-hydrogen) atoms. The van der Waals surface area contributed by atoms with Gasteiger partial charge in [-0.15, -0.1) is 5.10 Å². The summed E-state index contributed by atoms with van der Waals surface area (Å²) in [6, 6.07) is 1.75. The van der Waals surface area contributed by atoms with Crippen molar-refractivity contribution in [1.29, 1.82) is 0 Å². The van der Waals surface area contributed by atoms with Gasteiger partial charge in [-0.25, -0.2) is 0 Å². The van der Waals surface area contributed by atoms with E-state index >= 15 is 0 Å². The fourth-order valence-electron chi connectivity index (χ4n) is 0.386. The molecule has 1 aromatic heterocycles. The number of rotatable bonds is 1. The molecule has 0 fully saturated rings. The lowest BCUT2D eigenvalue weighted by atomic mass is 10.7. The second-order valence-electron chi connectivity index (χ2n) is 1.26. The van der Waals surface area contributed by atoms with Crippen molar-refractivity contribution in [3.63, 3.8) is 0 Å². The van der Waals surface area contributed by atoms with E-state index in [-0.39, 0.29) is 0 Å². The number of nitrogens with zero attached hydrogens (tertiary/aromatic N) is 1. The normalized spacial score (nSPS) is 9.25. The Balaban J connectivity index is 2.84. The summed E-state index contributed by atoms with van der Waals surface area (Å²) in [5, 5.41) is 6.40. The Morgan fingerprint density at radius 1 is 1.88 bits per heavy atom. The zero-order chi connectivity index (χ0) is 5.98. The van der Waals surface area contributed by atoms with E-state index in [0.29, 0.717) is 5.88 Å². The fourth-order valence-corrected chi connectivity index (χ4v) is 0.671.